The number of hydrogen-bond donors (Lipinski definition) is 2. The van der Waals surface area contributed by atoms with E-state index in [0.29, 0.717) is 10.6 Å². The second-order valence-corrected chi connectivity index (χ2v) is 7.80. The van der Waals surface area contributed by atoms with Crippen LogP contribution in [0, 0.1) is 5.82 Å². The Morgan fingerprint density at radius 1 is 1.12 bits per heavy atom. The van der Waals surface area contributed by atoms with Crippen molar-refractivity contribution in [3.8, 4) is 0 Å². The Morgan fingerprint density at radius 2 is 1.73 bits per heavy atom. The van der Waals surface area contributed by atoms with E-state index in [1.165, 1.54) is 48.5 Å². The summed E-state index contributed by atoms with van der Waals surface area (Å²) in [6, 6.07) is 10.9. The molecule has 1 amide bonds. The zero-order chi connectivity index (χ0) is 19.2. The topological polar surface area (TPSA) is 86.7 Å². The highest BCUT2D eigenvalue weighted by molar-refractivity contribution is 7.89. The molecule has 0 spiro atoms. The van der Waals surface area contributed by atoms with E-state index in [4.69, 9.17) is 16.7 Å². The predicted molar refractivity (Wildman–Crippen MR) is 95.5 cm³/mol. The van der Waals surface area contributed by atoms with Gasteiger partial charge in [0.2, 0.25) is 15.9 Å². The van der Waals surface area contributed by atoms with Crippen LogP contribution in [0.4, 0.5) is 4.39 Å². The summed E-state index contributed by atoms with van der Waals surface area (Å²) < 4.78 is 39.9. The van der Waals surface area contributed by atoms with Crippen LogP contribution in [0.25, 0.3) is 0 Å². The lowest BCUT2D eigenvalue weighted by Crippen LogP contribution is -2.41. The first-order chi connectivity index (χ1) is 12.3. The number of carbonyl (C=O) groups excluding carboxylic acids is 1. The second-order valence-electron chi connectivity index (χ2n) is 5.43. The van der Waals surface area contributed by atoms with Crippen molar-refractivity contribution in [3.63, 3.8) is 0 Å². The van der Waals surface area contributed by atoms with Crippen molar-refractivity contribution in [1.29, 1.82) is 0 Å². The number of nitrogens with one attached hydrogen (secondary N) is 1. The number of aliphatic hydroxyl groups is 1. The number of nitrogens with zero attached hydrogens (tertiary/aromatic N) is 1. The normalized spacial score (nSPS) is 11.5. The van der Waals surface area contributed by atoms with Crippen molar-refractivity contribution in [2.24, 2.45) is 0 Å². The van der Waals surface area contributed by atoms with Gasteiger partial charge in [-0.1, -0.05) is 23.7 Å². The molecule has 0 aliphatic rings. The van der Waals surface area contributed by atoms with Crippen LogP contribution in [-0.2, 0) is 21.4 Å². The Kier molecular flexibility index (Phi) is 7.10. The molecule has 2 aromatic carbocycles. The summed E-state index contributed by atoms with van der Waals surface area (Å²) in [5.41, 5.74) is 0.527. The minimum absolute atomic E-state index is 0.0148. The maximum Gasteiger partial charge on any atom is 0.243 e. The monoisotopic (exact) mass is 400 g/mol. The van der Waals surface area contributed by atoms with Crippen molar-refractivity contribution in [1.82, 2.24) is 9.62 Å². The first-order valence-corrected chi connectivity index (χ1v) is 9.52. The zero-order valence-electron chi connectivity index (χ0n) is 13.7. The Bertz CT molecular complexity index is 842. The summed E-state index contributed by atoms with van der Waals surface area (Å²) in [6.45, 7) is -0.794. The van der Waals surface area contributed by atoms with Crippen LogP contribution in [-0.4, -0.2) is 43.4 Å². The fourth-order valence-electron chi connectivity index (χ4n) is 2.19. The van der Waals surface area contributed by atoms with Gasteiger partial charge in [-0.05, 0) is 42.0 Å². The minimum Gasteiger partial charge on any atom is -0.395 e. The van der Waals surface area contributed by atoms with Crippen molar-refractivity contribution in [3.05, 3.63) is 64.9 Å². The molecular formula is C17H18ClFN2O4S. The van der Waals surface area contributed by atoms with Gasteiger partial charge in [0.15, 0.2) is 0 Å². The molecule has 0 saturated carbocycles. The van der Waals surface area contributed by atoms with Gasteiger partial charge in [-0.3, -0.25) is 4.79 Å². The lowest BCUT2D eigenvalue weighted by Gasteiger charge is -2.22. The van der Waals surface area contributed by atoms with E-state index in [0.717, 1.165) is 4.31 Å². The van der Waals surface area contributed by atoms with Gasteiger partial charge in [-0.25, -0.2) is 12.8 Å². The van der Waals surface area contributed by atoms with E-state index in [1.54, 1.807) is 0 Å². The highest BCUT2D eigenvalue weighted by Gasteiger charge is 2.26. The Morgan fingerprint density at radius 3 is 2.31 bits per heavy atom. The second kappa shape index (κ2) is 9.09. The molecular weight excluding hydrogens is 383 g/mol. The van der Waals surface area contributed by atoms with Crippen molar-refractivity contribution < 1.29 is 22.7 Å². The van der Waals surface area contributed by atoms with Gasteiger partial charge in [-0.15, -0.1) is 0 Å². The van der Waals surface area contributed by atoms with Gasteiger partial charge in [0.1, 0.15) is 5.82 Å². The standard InChI is InChI=1S/C17H18ClFN2O4S/c18-14-3-7-16(8-4-14)26(24,25)21(12-17(23)20-9-10-22)11-13-1-5-15(19)6-2-13/h1-8,22H,9-12H2,(H,20,23). The van der Waals surface area contributed by atoms with E-state index in [2.05, 4.69) is 5.32 Å². The number of sulfonamides is 1. The third-order valence-corrected chi connectivity index (χ3v) is 5.54. The van der Waals surface area contributed by atoms with E-state index in [1.807, 2.05) is 0 Å². The molecule has 0 unspecified atom stereocenters. The van der Waals surface area contributed by atoms with Crippen LogP contribution < -0.4 is 5.32 Å². The average Bonchev–Trinajstić information content (AvgIpc) is 2.61. The van der Waals surface area contributed by atoms with Crippen LogP contribution in [0.15, 0.2) is 53.4 Å². The highest BCUT2D eigenvalue weighted by Crippen LogP contribution is 2.20. The summed E-state index contributed by atoms with van der Waals surface area (Å²) in [6.07, 6.45) is 0. The number of carbonyl (C=O) groups is 1. The van der Waals surface area contributed by atoms with Crippen molar-refractivity contribution in [2.45, 2.75) is 11.4 Å². The summed E-state index contributed by atoms with van der Waals surface area (Å²) in [5, 5.41) is 11.6. The van der Waals surface area contributed by atoms with E-state index < -0.39 is 28.3 Å². The van der Waals surface area contributed by atoms with Crippen LogP contribution in [0.1, 0.15) is 5.56 Å². The molecule has 0 aromatic heterocycles. The number of rotatable bonds is 8. The fraction of sp³-hybridized carbons (Fsp3) is 0.235. The van der Waals surface area contributed by atoms with Gasteiger partial charge in [0, 0.05) is 18.1 Å². The van der Waals surface area contributed by atoms with Gasteiger partial charge in [0.25, 0.3) is 0 Å². The molecule has 0 fully saturated rings. The molecule has 26 heavy (non-hydrogen) atoms. The molecule has 140 valence electrons. The molecule has 0 aliphatic carbocycles. The van der Waals surface area contributed by atoms with Gasteiger partial charge < -0.3 is 10.4 Å². The summed E-state index contributed by atoms with van der Waals surface area (Å²) >= 11 is 5.80. The molecule has 0 saturated heterocycles. The highest BCUT2D eigenvalue weighted by atomic mass is 35.5. The summed E-state index contributed by atoms with van der Waals surface area (Å²) in [5.74, 6) is -1.000. The van der Waals surface area contributed by atoms with Crippen LogP contribution in [0.5, 0.6) is 0 Å². The van der Waals surface area contributed by atoms with Crippen LogP contribution in [0.2, 0.25) is 5.02 Å². The maximum absolute atomic E-state index is 13.1. The lowest BCUT2D eigenvalue weighted by molar-refractivity contribution is -0.121. The van der Waals surface area contributed by atoms with Gasteiger partial charge in [-0.2, -0.15) is 4.31 Å². The van der Waals surface area contributed by atoms with E-state index >= 15 is 0 Å². The first-order valence-electron chi connectivity index (χ1n) is 7.70. The smallest absolute Gasteiger partial charge is 0.243 e. The molecule has 0 heterocycles. The number of hydrogen-bond acceptors (Lipinski definition) is 4. The van der Waals surface area contributed by atoms with Crippen molar-refractivity contribution >= 4 is 27.5 Å². The molecule has 2 aromatic rings. The molecule has 2 N–H and O–H groups in total. The van der Waals surface area contributed by atoms with E-state index in [-0.39, 0.29) is 24.6 Å². The summed E-state index contributed by atoms with van der Waals surface area (Å²) in [4.78, 5) is 12.0. The maximum atomic E-state index is 13.1. The van der Waals surface area contributed by atoms with Gasteiger partial charge >= 0.3 is 0 Å². The number of aliphatic hydroxyl groups excluding tert-OH is 1. The molecule has 0 atom stereocenters. The zero-order valence-corrected chi connectivity index (χ0v) is 15.3. The summed E-state index contributed by atoms with van der Waals surface area (Å²) in [7, 11) is -3.99. The SMILES string of the molecule is O=C(CN(Cc1ccc(F)cc1)S(=O)(=O)c1ccc(Cl)cc1)NCCO. The Labute approximate surface area is 156 Å². The molecule has 0 bridgehead atoms. The van der Waals surface area contributed by atoms with Crippen LogP contribution in [0.3, 0.4) is 0 Å². The Hall–Kier alpha value is -2.00. The predicted octanol–water partition coefficient (Wildman–Crippen LogP) is 1.78. The number of halogens is 2. The minimum atomic E-state index is -3.99. The number of amides is 1. The third kappa shape index (κ3) is 5.50. The number of benzene rings is 2. The average molecular weight is 401 g/mol. The van der Waals surface area contributed by atoms with Gasteiger partial charge in [0.05, 0.1) is 18.0 Å². The molecule has 0 radical (unpaired) electrons. The molecule has 9 heteroatoms. The molecule has 2 rings (SSSR count). The molecule has 0 aliphatic heterocycles. The quantitative estimate of drug-likeness (QED) is 0.707. The van der Waals surface area contributed by atoms with Crippen molar-refractivity contribution in [2.75, 3.05) is 19.7 Å². The molecule has 6 nitrogen and oxygen atoms in total. The fourth-order valence-corrected chi connectivity index (χ4v) is 3.70. The Balaban J connectivity index is 2.30. The largest absolute Gasteiger partial charge is 0.395 e. The first kappa shape index (κ1) is 20.3. The third-order valence-electron chi connectivity index (χ3n) is 3.48. The van der Waals surface area contributed by atoms with E-state index in [9.17, 15) is 17.6 Å². The van der Waals surface area contributed by atoms with Crippen LogP contribution >= 0.6 is 11.6 Å². The lowest BCUT2D eigenvalue weighted by atomic mass is 10.2.